The number of hydrogen-bond donors (Lipinski definition) is 3. The van der Waals surface area contributed by atoms with Gasteiger partial charge in [-0.1, -0.05) is 55.4 Å². The van der Waals surface area contributed by atoms with Crippen LogP contribution in [0.4, 0.5) is 0 Å². The van der Waals surface area contributed by atoms with Crippen molar-refractivity contribution in [3.63, 3.8) is 0 Å². The first kappa shape index (κ1) is 34.8. The lowest BCUT2D eigenvalue weighted by Crippen LogP contribution is -2.44. The number of nitrogens with one attached hydrogen (secondary N) is 2. The number of phenolic OH excluding ortho intramolecular Hbond substituents is 1. The first-order chi connectivity index (χ1) is 17.6. The lowest BCUT2D eigenvalue weighted by atomic mass is 9.78. The van der Waals surface area contributed by atoms with Crippen LogP contribution in [-0.4, -0.2) is 33.9 Å². The molecule has 3 N–H and O–H groups in total. The highest BCUT2D eigenvalue weighted by molar-refractivity contribution is 5.96. The summed E-state index contributed by atoms with van der Waals surface area (Å²) in [6.45, 7) is 24.9. The largest absolute Gasteiger partial charge is 0.507 e. The monoisotopic (exact) mass is 552 g/mol. The smallest absolute Gasteiger partial charge is 0.269 e. The predicted molar refractivity (Wildman–Crippen MR) is 152 cm³/mol. The van der Waals surface area contributed by atoms with E-state index in [2.05, 4.69) is 10.9 Å². The van der Waals surface area contributed by atoms with Gasteiger partial charge in [-0.05, 0) is 70.4 Å². The highest BCUT2D eigenvalue weighted by Gasteiger charge is 2.35. The van der Waals surface area contributed by atoms with Gasteiger partial charge in [-0.15, -0.1) is 0 Å². The Morgan fingerprint density at radius 1 is 0.718 bits per heavy atom. The molecule has 9 nitrogen and oxygen atoms in total. The van der Waals surface area contributed by atoms with Gasteiger partial charge >= 0.3 is 0 Å². The zero-order chi connectivity index (χ0) is 30.4. The van der Waals surface area contributed by atoms with Gasteiger partial charge in [0.05, 0.1) is 11.2 Å². The first-order valence-electron chi connectivity index (χ1n) is 13.8. The summed E-state index contributed by atoms with van der Waals surface area (Å²) in [6, 6.07) is 3.31. The van der Waals surface area contributed by atoms with Crippen molar-refractivity contribution in [1.82, 2.24) is 10.9 Å². The third-order valence-electron chi connectivity index (χ3n) is 6.70. The summed E-state index contributed by atoms with van der Waals surface area (Å²) >= 11 is 0. The molecule has 0 heterocycles. The van der Waals surface area contributed by atoms with Crippen LogP contribution in [0, 0.1) is 0 Å². The number of rotatable bonds is 12. The van der Waals surface area contributed by atoms with E-state index in [1.807, 2.05) is 83.1 Å². The zero-order valence-corrected chi connectivity index (χ0v) is 26.4. The number of carbonyl (C=O) groups excluding carboxylic acids is 2. The quantitative estimate of drug-likeness (QED) is 0.154. The third-order valence-corrected chi connectivity index (χ3v) is 6.70. The van der Waals surface area contributed by atoms with Crippen LogP contribution in [0.3, 0.4) is 0 Å². The number of carbonyl (C=O) groups is 2. The van der Waals surface area contributed by atoms with Crippen LogP contribution in [0.2, 0.25) is 0 Å². The van der Waals surface area contributed by atoms with Crippen LogP contribution in [-0.2, 0) is 35.2 Å². The van der Waals surface area contributed by atoms with E-state index in [-0.39, 0.29) is 18.6 Å². The number of aromatic hydroxyl groups is 1. The molecule has 0 aromatic heterocycles. The molecule has 0 saturated heterocycles. The van der Waals surface area contributed by atoms with Gasteiger partial charge in [-0.2, -0.15) is 9.78 Å². The summed E-state index contributed by atoms with van der Waals surface area (Å²) < 4.78 is 0. The third kappa shape index (κ3) is 11.1. The second kappa shape index (κ2) is 13.0. The van der Waals surface area contributed by atoms with Crippen LogP contribution in [0.1, 0.15) is 137 Å². The maximum absolute atomic E-state index is 13.0. The Balaban J connectivity index is 2.97. The van der Waals surface area contributed by atoms with Crippen molar-refractivity contribution >= 4 is 11.8 Å². The molecule has 0 aliphatic carbocycles. The number of benzene rings is 1. The van der Waals surface area contributed by atoms with E-state index < -0.39 is 39.6 Å². The summed E-state index contributed by atoms with van der Waals surface area (Å²) in [4.78, 5) is 48.2. The maximum atomic E-state index is 13.0. The Labute approximate surface area is 235 Å². The molecule has 0 fully saturated rings. The van der Waals surface area contributed by atoms with Crippen molar-refractivity contribution in [2.75, 3.05) is 0 Å². The summed E-state index contributed by atoms with van der Waals surface area (Å²) in [5, 5.41) is 10.9. The standard InChI is InChI=1S/C30H52N2O7/c1-14-28(9,10)36-38-30(13,39-37-29(11,12)15-2)17-16-23(33)31-32-25(35)20-18-21(26(3,4)5)24(34)22(19-20)27(6,7)8/h18-19,34H,14-17H2,1-13H3,(H,31,33)(H,32,35). The van der Waals surface area contributed by atoms with Crippen molar-refractivity contribution < 1.29 is 34.2 Å². The molecule has 1 aromatic carbocycles. The Bertz CT molecular complexity index is 933. The number of amides is 2. The van der Waals surface area contributed by atoms with Crippen molar-refractivity contribution in [3.05, 3.63) is 28.8 Å². The number of phenols is 1. The van der Waals surface area contributed by atoms with Crippen LogP contribution >= 0.6 is 0 Å². The SMILES string of the molecule is CCC(C)(C)OOC(C)(CCC(=O)NNC(=O)c1cc(C(C)(C)C)c(O)c(C(C)(C)C)c1)OOC(C)(C)CC. The molecule has 2 amide bonds. The Morgan fingerprint density at radius 3 is 1.49 bits per heavy atom. The van der Waals surface area contributed by atoms with E-state index in [1.54, 1.807) is 19.1 Å². The Hall–Kier alpha value is -2.20. The van der Waals surface area contributed by atoms with E-state index in [1.165, 1.54) is 0 Å². The lowest BCUT2D eigenvalue weighted by molar-refractivity contribution is -0.539. The van der Waals surface area contributed by atoms with Gasteiger partial charge in [-0.3, -0.25) is 20.4 Å². The Kier molecular flexibility index (Phi) is 11.6. The molecule has 0 radical (unpaired) electrons. The van der Waals surface area contributed by atoms with Gasteiger partial charge in [0.15, 0.2) is 0 Å². The van der Waals surface area contributed by atoms with Crippen molar-refractivity contribution in [1.29, 1.82) is 0 Å². The maximum Gasteiger partial charge on any atom is 0.269 e. The van der Waals surface area contributed by atoms with E-state index in [0.29, 0.717) is 29.5 Å². The molecular formula is C30H52N2O7. The van der Waals surface area contributed by atoms with E-state index in [9.17, 15) is 14.7 Å². The summed E-state index contributed by atoms with van der Waals surface area (Å²) in [5.74, 6) is -2.13. The minimum Gasteiger partial charge on any atom is -0.507 e. The molecule has 0 unspecified atom stereocenters. The van der Waals surface area contributed by atoms with Crippen LogP contribution in [0.25, 0.3) is 0 Å². The van der Waals surface area contributed by atoms with Crippen LogP contribution < -0.4 is 10.9 Å². The van der Waals surface area contributed by atoms with Gasteiger partial charge in [0.25, 0.3) is 5.91 Å². The van der Waals surface area contributed by atoms with Crippen molar-refractivity contribution in [2.45, 2.75) is 144 Å². The lowest BCUT2D eigenvalue weighted by Gasteiger charge is -2.34. The highest BCUT2D eigenvalue weighted by atomic mass is 17.3. The van der Waals surface area contributed by atoms with Gasteiger partial charge in [0.1, 0.15) is 5.75 Å². The van der Waals surface area contributed by atoms with Crippen molar-refractivity contribution in [2.24, 2.45) is 0 Å². The predicted octanol–water partition coefficient (Wildman–Crippen LogP) is 6.52. The van der Waals surface area contributed by atoms with E-state index in [4.69, 9.17) is 19.6 Å². The highest BCUT2D eigenvalue weighted by Crippen LogP contribution is 2.39. The molecule has 39 heavy (non-hydrogen) atoms. The summed E-state index contributed by atoms with van der Waals surface area (Å²) in [5.41, 5.74) is 4.67. The molecular weight excluding hydrogens is 500 g/mol. The molecule has 1 rings (SSSR count). The van der Waals surface area contributed by atoms with Gasteiger partial charge in [-0.25, -0.2) is 9.78 Å². The summed E-state index contributed by atoms with van der Waals surface area (Å²) in [7, 11) is 0. The fourth-order valence-electron chi connectivity index (χ4n) is 3.13. The number of hydrazine groups is 1. The molecule has 0 aliphatic rings. The second-order valence-corrected chi connectivity index (χ2v) is 13.6. The van der Waals surface area contributed by atoms with Crippen LogP contribution in [0.15, 0.2) is 12.1 Å². The van der Waals surface area contributed by atoms with E-state index >= 15 is 0 Å². The fourth-order valence-corrected chi connectivity index (χ4v) is 3.13. The molecule has 224 valence electrons. The fraction of sp³-hybridized carbons (Fsp3) is 0.733. The molecule has 9 heteroatoms. The van der Waals surface area contributed by atoms with E-state index in [0.717, 1.165) is 0 Å². The zero-order valence-electron chi connectivity index (χ0n) is 26.4. The minimum absolute atomic E-state index is 0.0430. The molecule has 1 aromatic rings. The molecule has 0 saturated carbocycles. The molecule has 0 atom stereocenters. The van der Waals surface area contributed by atoms with Gasteiger partial charge < -0.3 is 5.11 Å². The second-order valence-electron chi connectivity index (χ2n) is 13.6. The van der Waals surface area contributed by atoms with Crippen molar-refractivity contribution in [3.8, 4) is 5.75 Å². The van der Waals surface area contributed by atoms with Crippen LogP contribution in [0.5, 0.6) is 5.75 Å². The summed E-state index contributed by atoms with van der Waals surface area (Å²) in [6.07, 6.45) is 1.44. The molecule has 0 spiro atoms. The normalized spacial score (nSPS) is 13.4. The average molecular weight is 553 g/mol. The minimum atomic E-state index is -1.37. The molecule has 0 bridgehead atoms. The molecule has 0 aliphatic heterocycles. The average Bonchev–Trinajstić information content (AvgIpc) is 2.82. The number of hydrogen-bond acceptors (Lipinski definition) is 7. The van der Waals surface area contributed by atoms with Gasteiger partial charge in [0, 0.05) is 29.5 Å². The Morgan fingerprint density at radius 2 is 1.13 bits per heavy atom. The topological polar surface area (TPSA) is 115 Å². The van der Waals surface area contributed by atoms with Gasteiger partial charge in [0.2, 0.25) is 11.7 Å². The first-order valence-corrected chi connectivity index (χ1v) is 13.8.